The molecular formula is C27H32F4N2O3. The molecule has 2 aromatic rings. The summed E-state index contributed by atoms with van der Waals surface area (Å²) >= 11 is 0. The van der Waals surface area contributed by atoms with Gasteiger partial charge in [-0.15, -0.1) is 0 Å². The monoisotopic (exact) mass is 508 g/mol. The standard InChI is InChI=1S/C27H32F4N2O3/c1-18-14-19(16-20(28)15-18)26(36-3,27(29,30)31)24(34)33-12-9-25(10-13-33)8-11-32-17-22(25)21-6-4-5-7-23(21)35-2/h4-7,14-16,22,32H,8-13,17H2,1-3H3. The largest absolute Gasteiger partial charge is 0.496 e. The van der Waals surface area contributed by atoms with Crippen LogP contribution in [0, 0.1) is 18.2 Å². The van der Waals surface area contributed by atoms with E-state index in [1.54, 1.807) is 7.11 Å². The molecule has 2 heterocycles. The number of nitrogens with one attached hydrogen (secondary N) is 1. The van der Waals surface area contributed by atoms with Crippen LogP contribution in [0.2, 0.25) is 0 Å². The number of likely N-dealkylation sites (tertiary alicyclic amines) is 1. The lowest BCUT2D eigenvalue weighted by Crippen LogP contribution is -2.60. The van der Waals surface area contributed by atoms with Crippen LogP contribution >= 0.6 is 0 Å². The maximum Gasteiger partial charge on any atom is 0.430 e. The number of carbonyl (C=O) groups excluding carboxylic acids is 1. The quantitative estimate of drug-likeness (QED) is 0.582. The highest BCUT2D eigenvalue weighted by Gasteiger charge is 2.64. The van der Waals surface area contributed by atoms with Crippen molar-refractivity contribution < 1.29 is 31.8 Å². The summed E-state index contributed by atoms with van der Waals surface area (Å²) in [4.78, 5) is 14.8. The zero-order valence-electron chi connectivity index (χ0n) is 20.8. The first-order valence-electron chi connectivity index (χ1n) is 12.1. The number of hydrogen-bond acceptors (Lipinski definition) is 4. The van der Waals surface area contributed by atoms with Crippen molar-refractivity contribution in [3.63, 3.8) is 0 Å². The van der Waals surface area contributed by atoms with Crippen molar-refractivity contribution in [2.45, 2.75) is 43.9 Å². The summed E-state index contributed by atoms with van der Waals surface area (Å²) < 4.78 is 68.3. The molecule has 1 N–H and O–H groups in total. The summed E-state index contributed by atoms with van der Waals surface area (Å²) in [6.45, 7) is 3.31. The average molecular weight is 509 g/mol. The molecule has 2 saturated heterocycles. The molecule has 2 aromatic carbocycles. The normalized spacial score (nSPS) is 21.8. The SMILES string of the molecule is COc1ccccc1C1CNCCC12CCN(C(=O)C(OC)(c1cc(C)cc(F)c1)C(F)(F)F)CC2. The topological polar surface area (TPSA) is 50.8 Å². The van der Waals surface area contributed by atoms with E-state index in [1.165, 1.54) is 11.8 Å². The summed E-state index contributed by atoms with van der Waals surface area (Å²) in [7, 11) is 2.47. The molecule has 1 amide bonds. The number of nitrogens with zero attached hydrogens (tertiary/aromatic N) is 1. The Labute approximate surface area is 208 Å². The Hall–Kier alpha value is -2.65. The van der Waals surface area contributed by atoms with Gasteiger partial charge in [0, 0.05) is 38.2 Å². The number of methoxy groups -OCH3 is 2. The van der Waals surface area contributed by atoms with Crippen molar-refractivity contribution in [1.82, 2.24) is 10.2 Å². The van der Waals surface area contributed by atoms with Crippen LogP contribution in [0.4, 0.5) is 17.6 Å². The highest BCUT2D eigenvalue weighted by atomic mass is 19.4. The average Bonchev–Trinajstić information content (AvgIpc) is 2.84. The van der Waals surface area contributed by atoms with Gasteiger partial charge in [-0.25, -0.2) is 4.39 Å². The summed E-state index contributed by atoms with van der Waals surface area (Å²) in [5.74, 6) is -1.18. The number of ether oxygens (including phenoxy) is 2. The minimum absolute atomic E-state index is 0.0975. The molecule has 0 aliphatic carbocycles. The molecule has 0 bridgehead atoms. The first-order chi connectivity index (χ1) is 17.1. The molecule has 36 heavy (non-hydrogen) atoms. The van der Waals surface area contributed by atoms with Gasteiger partial charge in [-0.05, 0) is 67.5 Å². The van der Waals surface area contributed by atoms with Gasteiger partial charge < -0.3 is 19.7 Å². The zero-order valence-corrected chi connectivity index (χ0v) is 20.8. The third-order valence-electron chi connectivity index (χ3n) is 7.90. The summed E-state index contributed by atoms with van der Waals surface area (Å²) in [5.41, 5.74) is -2.67. The Morgan fingerprint density at radius 1 is 1.08 bits per heavy atom. The van der Waals surface area contributed by atoms with Gasteiger partial charge >= 0.3 is 6.18 Å². The Balaban J connectivity index is 1.64. The number of aryl methyl sites for hydroxylation is 1. The van der Waals surface area contributed by atoms with E-state index in [0.717, 1.165) is 56.1 Å². The Morgan fingerprint density at radius 3 is 2.39 bits per heavy atom. The Bertz CT molecular complexity index is 1080. The summed E-state index contributed by atoms with van der Waals surface area (Å²) in [6.07, 6.45) is -3.15. The molecule has 1 spiro atoms. The van der Waals surface area contributed by atoms with Gasteiger partial charge in [0.2, 0.25) is 0 Å². The van der Waals surface area contributed by atoms with Crippen LogP contribution in [0.25, 0.3) is 0 Å². The van der Waals surface area contributed by atoms with Crippen molar-refractivity contribution >= 4 is 5.91 Å². The van der Waals surface area contributed by atoms with E-state index in [-0.39, 0.29) is 30.0 Å². The number of halogens is 4. The number of para-hydroxylation sites is 1. The van der Waals surface area contributed by atoms with E-state index in [1.807, 2.05) is 24.3 Å². The lowest BCUT2D eigenvalue weighted by atomic mass is 9.62. The number of alkyl halides is 3. The smallest absolute Gasteiger partial charge is 0.430 e. The van der Waals surface area contributed by atoms with Crippen LogP contribution in [0.5, 0.6) is 5.75 Å². The van der Waals surface area contributed by atoms with Crippen molar-refractivity contribution in [3.05, 3.63) is 65.0 Å². The highest BCUT2D eigenvalue weighted by Crippen LogP contribution is 2.51. The molecule has 0 aromatic heterocycles. The van der Waals surface area contributed by atoms with E-state index in [0.29, 0.717) is 12.8 Å². The van der Waals surface area contributed by atoms with Crippen molar-refractivity contribution in [3.8, 4) is 5.75 Å². The lowest BCUT2D eigenvalue weighted by molar-refractivity contribution is -0.271. The maximum absolute atomic E-state index is 14.5. The number of rotatable bonds is 5. The predicted octanol–water partition coefficient (Wildman–Crippen LogP) is 4.93. The number of hydrogen-bond donors (Lipinski definition) is 1. The minimum Gasteiger partial charge on any atom is -0.496 e. The van der Waals surface area contributed by atoms with Crippen LogP contribution < -0.4 is 10.1 Å². The van der Waals surface area contributed by atoms with E-state index in [9.17, 15) is 22.4 Å². The first-order valence-corrected chi connectivity index (χ1v) is 12.1. The molecule has 2 unspecified atom stereocenters. The second kappa shape index (κ2) is 10.0. The van der Waals surface area contributed by atoms with Crippen molar-refractivity contribution in [2.75, 3.05) is 40.4 Å². The third kappa shape index (κ3) is 4.47. The fourth-order valence-electron chi connectivity index (χ4n) is 6.01. The minimum atomic E-state index is -5.08. The van der Waals surface area contributed by atoms with Gasteiger partial charge in [-0.2, -0.15) is 13.2 Å². The fourth-order valence-corrected chi connectivity index (χ4v) is 6.01. The zero-order chi connectivity index (χ0) is 26.1. The summed E-state index contributed by atoms with van der Waals surface area (Å²) in [6, 6.07) is 10.8. The van der Waals surface area contributed by atoms with Crippen LogP contribution in [0.3, 0.4) is 0 Å². The predicted molar refractivity (Wildman–Crippen MR) is 127 cm³/mol. The van der Waals surface area contributed by atoms with Crippen LogP contribution in [0.1, 0.15) is 41.9 Å². The van der Waals surface area contributed by atoms with Gasteiger partial charge in [-0.3, -0.25) is 4.79 Å². The first kappa shape index (κ1) is 26.4. The van der Waals surface area contributed by atoms with Crippen LogP contribution in [-0.2, 0) is 15.1 Å². The second-order valence-corrected chi connectivity index (χ2v) is 9.80. The fraction of sp³-hybridized carbons (Fsp3) is 0.519. The van der Waals surface area contributed by atoms with E-state index in [4.69, 9.17) is 9.47 Å². The number of carbonyl (C=O) groups is 1. The third-order valence-corrected chi connectivity index (χ3v) is 7.90. The molecule has 9 heteroatoms. The lowest BCUT2D eigenvalue weighted by Gasteiger charge is -2.51. The van der Waals surface area contributed by atoms with E-state index in [2.05, 4.69) is 5.32 Å². The molecule has 196 valence electrons. The number of piperidine rings is 2. The van der Waals surface area contributed by atoms with Gasteiger partial charge in [0.15, 0.2) is 0 Å². The molecule has 0 saturated carbocycles. The van der Waals surface area contributed by atoms with Gasteiger partial charge in [0.1, 0.15) is 11.6 Å². The van der Waals surface area contributed by atoms with E-state index >= 15 is 0 Å². The summed E-state index contributed by atoms with van der Waals surface area (Å²) in [5, 5.41) is 3.44. The van der Waals surface area contributed by atoms with Gasteiger partial charge in [0.05, 0.1) is 7.11 Å². The number of benzene rings is 2. The van der Waals surface area contributed by atoms with Crippen LogP contribution in [0.15, 0.2) is 42.5 Å². The van der Waals surface area contributed by atoms with E-state index < -0.39 is 29.1 Å². The molecule has 4 rings (SSSR count). The van der Waals surface area contributed by atoms with Gasteiger partial charge in [-0.1, -0.05) is 24.3 Å². The molecule has 5 nitrogen and oxygen atoms in total. The van der Waals surface area contributed by atoms with Crippen LogP contribution in [-0.4, -0.2) is 57.4 Å². The molecule has 0 radical (unpaired) electrons. The maximum atomic E-state index is 14.5. The van der Waals surface area contributed by atoms with Gasteiger partial charge in [0.25, 0.3) is 11.5 Å². The molecular weight excluding hydrogens is 476 g/mol. The Morgan fingerprint density at radius 2 is 1.78 bits per heavy atom. The molecule has 2 atom stereocenters. The number of amides is 1. The van der Waals surface area contributed by atoms with Crippen molar-refractivity contribution in [2.24, 2.45) is 5.41 Å². The highest BCUT2D eigenvalue weighted by molar-refractivity contribution is 5.88. The Kier molecular flexibility index (Phi) is 7.35. The molecule has 2 aliphatic rings. The second-order valence-electron chi connectivity index (χ2n) is 9.80. The molecule has 2 aliphatic heterocycles. The van der Waals surface area contributed by atoms with Crippen molar-refractivity contribution in [1.29, 1.82) is 0 Å². The molecule has 2 fully saturated rings.